The van der Waals surface area contributed by atoms with Gasteiger partial charge in [0.15, 0.2) is 0 Å². The number of hydrogen-bond donors (Lipinski definition) is 1. The van der Waals surface area contributed by atoms with E-state index in [1.165, 1.54) is 11.1 Å². The van der Waals surface area contributed by atoms with E-state index in [9.17, 15) is 4.79 Å². The van der Waals surface area contributed by atoms with Crippen molar-refractivity contribution in [2.24, 2.45) is 0 Å². The molecular weight excluding hydrogens is 230 g/mol. The summed E-state index contributed by atoms with van der Waals surface area (Å²) in [6.07, 6.45) is -0.0920. The largest absolute Gasteiger partial charge is 0.481 e. The zero-order valence-corrected chi connectivity index (χ0v) is 10.6. The van der Waals surface area contributed by atoms with E-state index < -0.39 is 5.97 Å². The average Bonchev–Trinajstić information content (AvgIpc) is 2.28. The summed E-state index contributed by atoms with van der Waals surface area (Å²) in [5.74, 6) is -0.794. The first-order valence-corrected chi connectivity index (χ1v) is 6.25. The summed E-state index contributed by atoms with van der Waals surface area (Å²) in [4.78, 5) is 12.9. The summed E-state index contributed by atoms with van der Waals surface area (Å²) in [5, 5.41) is 8.78. The summed E-state index contributed by atoms with van der Waals surface area (Å²) in [5.41, 5.74) is 2.52. The molecule has 0 radical (unpaired) electrons. The molecule has 0 aliphatic carbocycles. The normalized spacial score (nSPS) is 20.8. The van der Waals surface area contributed by atoms with Crippen molar-refractivity contribution in [3.05, 3.63) is 35.4 Å². The van der Waals surface area contributed by atoms with Crippen molar-refractivity contribution in [1.82, 2.24) is 4.90 Å². The summed E-state index contributed by atoms with van der Waals surface area (Å²) < 4.78 is 5.46. The van der Waals surface area contributed by atoms with Crippen LogP contribution in [0.5, 0.6) is 0 Å². The van der Waals surface area contributed by atoms with Crippen LogP contribution in [0.2, 0.25) is 0 Å². The lowest BCUT2D eigenvalue weighted by Gasteiger charge is -2.32. The lowest BCUT2D eigenvalue weighted by Crippen LogP contribution is -2.42. The molecule has 1 aliphatic heterocycles. The number of aryl methyl sites for hydroxylation is 1. The Bertz CT molecular complexity index is 419. The van der Waals surface area contributed by atoms with Crippen molar-refractivity contribution in [2.75, 3.05) is 19.7 Å². The summed E-state index contributed by atoms with van der Waals surface area (Å²) >= 11 is 0. The number of carbonyl (C=O) groups is 1. The lowest BCUT2D eigenvalue weighted by atomic mass is 10.1. The number of hydrogen-bond acceptors (Lipinski definition) is 3. The molecule has 18 heavy (non-hydrogen) atoms. The summed E-state index contributed by atoms with van der Waals surface area (Å²) in [6, 6.07) is 8.41. The highest BCUT2D eigenvalue weighted by molar-refractivity contribution is 5.67. The highest BCUT2D eigenvalue weighted by atomic mass is 16.5. The van der Waals surface area contributed by atoms with Crippen molar-refractivity contribution >= 4 is 5.97 Å². The number of carboxylic acids is 1. The molecule has 1 unspecified atom stereocenters. The Morgan fingerprint density at radius 1 is 1.56 bits per heavy atom. The van der Waals surface area contributed by atoms with Gasteiger partial charge in [0, 0.05) is 19.6 Å². The van der Waals surface area contributed by atoms with Gasteiger partial charge in [-0.2, -0.15) is 0 Å². The number of nitrogens with zero attached hydrogens (tertiary/aromatic N) is 1. The van der Waals surface area contributed by atoms with Crippen LogP contribution in [0.25, 0.3) is 0 Å². The second-order valence-electron chi connectivity index (χ2n) is 4.81. The Hall–Kier alpha value is -1.39. The quantitative estimate of drug-likeness (QED) is 0.882. The zero-order valence-electron chi connectivity index (χ0n) is 10.6. The minimum atomic E-state index is -0.794. The first-order valence-electron chi connectivity index (χ1n) is 6.25. The van der Waals surface area contributed by atoms with Gasteiger partial charge in [0.25, 0.3) is 0 Å². The van der Waals surface area contributed by atoms with Gasteiger partial charge in [-0.1, -0.05) is 29.8 Å². The monoisotopic (exact) mass is 249 g/mol. The van der Waals surface area contributed by atoms with Crippen LogP contribution in [-0.4, -0.2) is 41.8 Å². The number of benzene rings is 1. The Kier molecular flexibility index (Phi) is 4.33. The van der Waals surface area contributed by atoms with E-state index in [4.69, 9.17) is 9.84 Å². The van der Waals surface area contributed by atoms with E-state index in [0.717, 1.165) is 13.1 Å². The van der Waals surface area contributed by atoms with Crippen LogP contribution in [0.1, 0.15) is 17.5 Å². The number of rotatable bonds is 4. The third-order valence-corrected chi connectivity index (χ3v) is 3.11. The maximum atomic E-state index is 10.7. The van der Waals surface area contributed by atoms with Crippen molar-refractivity contribution in [3.63, 3.8) is 0 Å². The standard InChI is InChI=1S/C14H19NO3/c1-11-3-2-4-12(7-11)9-15-5-6-18-13(10-15)8-14(16)17/h2-4,7,13H,5-6,8-10H2,1H3,(H,16,17). The van der Waals surface area contributed by atoms with Crippen LogP contribution in [0.15, 0.2) is 24.3 Å². The van der Waals surface area contributed by atoms with Crippen LogP contribution >= 0.6 is 0 Å². The van der Waals surface area contributed by atoms with Crippen LogP contribution < -0.4 is 0 Å². The van der Waals surface area contributed by atoms with Gasteiger partial charge in [-0.3, -0.25) is 9.69 Å². The topological polar surface area (TPSA) is 49.8 Å². The van der Waals surface area contributed by atoms with Crippen LogP contribution in [0.4, 0.5) is 0 Å². The van der Waals surface area contributed by atoms with E-state index >= 15 is 0 Å². The predicted octanol–water partition coefficient (Wildman–Crippen LogP) is 1.67. The minimum absolute atomic E-state index is 0.0876. The molecule has 0 spiro atoms. The van der Waals surface area contributed by atoms with Gasteiger partial charge in [-0.25, -0.2) is 0 Å². The molecule has 1 aliphatic rings. The first-order chi connectivity index (χ1) is 8.63. The Morgan fingerprint density at radius 3 is 3.11 bits per heavy atom. The number of morpholine rings is 1. The fraction of sp³-hybridized carbons (Fsp3) is 0.500. The molecule has 1 saturated heterocycles. The third kappa shape index (κ3) is 3.82. The van der Waals surface area contributed by atoms with Crippen molar-refractivity contribution in [3.8, 4) is 0 Å². The molecular formula is C14H19NO3. The van der Waals surface area contributed by atoms with Gasteiger partial charge in [-0.15, -0.1) is 0 Å². The van der Waals surface area contributed by atoms with E-state index in [1.807, 2.05) is 0 Å². The Balaban J connectivity index is 1.91. The lowest BCUT2D eigenvalue weighted by molar-refractivity contribution is -0.142. The molecule has 1 aromatic carbocycles. The third-order valence-electron chi connectivity index (χ3n) is 3.11. The van der Waals surface area contributed by atoms with Crippen molar-refractivity contribution < 1.29 is 14.6 Å². The van der Waals surface area contributed by atoms with Crippen molar-refractivity contribution in [1.29, 1.82) is 0 Å². The first kappa shape index (κ1) is 13.1. The van der Waals surface area contributed by atoms with Gasteiger partial charge < -0.3 is 9.84 Å². The summed E-state index contributed by atoms with van der Waals surface area (Å²) in [7, 11) is 0. The predicted molar refractivity (Wildman–Crippen MR) is 68.4 cm³/mol. The van der Waals surface area contributed by atoms with Gasteiger partial charge in [0.2, 0.25) is 0 Å². The van der Waals surface area contributed by atoms with Gasteiger partial charge in [0.1, 0.15) is 0 Å². The van der Waals surface area contributed by atoms with E-state index in [2.05, 4.69) is 36.1 Å². The molecule has 4 nitrogen and oxygen atoms in total. The molecule has 0 bridgehead atoms. The fourth-order valence-electron chi connectivity index (χ4n) is 2.31. The molecule has 98 valence electrons. The molecule has 2 rings (SSSR count). The molecule has 4 heteroatoms. The molecule has 1 fully saturated rings. The minimum Gasteiger partial charge on any atom is -0.481 e. The Morgan fingerprint density at radius 2 is 2.39 bits per heavy atom. The second-order valence-corrected chi connectivity index (χ2v) is 4.81. The van der Waals surface area contributed by atoms with Gasteiger partial charge in [0.05, 0.1) is 19.1 Å². The highest BCUT2D eigenvalue weighted by Gasteiger charge is 2.22. The van der Waals surface area contributed by atoms with E-state index in [-0.39, 0.29) is 12.5 Å². The molecule has 1 heterocycles. The zero-order chi connectivity index (χ0) is 13.0. The molecule has 1 atom stereocenters. The van der Waals surface area contributed by atoms with Gasteiger partial charge in [-0.05, 0) is 12.5 Å². The van der Waals surface area contributed by atoms with E-state index in [1.54, 1.807) is 0 Å². The van der Waals surface area contributed by atoms with Crippen LogP contribution in [-0.2, 0) is 16.1 Å². The van der Waals surface area contributed by atoms with Crippen LogP contribution in [0, 0.1) is 6.92 Å². The number of ether oxygens (including phenoxy) is 1. The molecule has 1 N–H and O–H groups in total. The molecule has 0 saturated carbocycles. The highest BCUT2D eigenvalue weighted by Crippen LogP contribution is 2.13. The number of carboxylic acid groups (broad SMARTS) is 1. The van der Waals surface area contributed by atoms with Gasteiger partial charge >= 0.3 is 5.97 Å². The Labute approximate surface area is 107 Å². The van der Waals surface area contributed by atoms with Crippen molar-refractivity contribution in [2.45, 2.75) is 26.0 Å². The summed E-state index contributed by atoms with van der Waals surface area (Å²) in [6.45, 7) is 5.12. The SMILES string of the molecule is Cc1cccc(CN2CCOC(CC(=O)O)C2)c1. The maximum absolute atomic E-state index is 10.7. The molecule has 0 aromatic heterocycles. The average molecular weight is 249 g/mol. The number of aliphatic carboxylic acids is 1. The molecule has 0 amide bonds. The van der Waals surface area contributed by atoms with Crippen LogP contribution in [0.3, 0.4) is 0 Å². The maximum Gasteiger partial charge on any atom is 0.306 e. The fourth-order valence-corrected chi connectivity index (χ4v) is 2.31. The molecule has 1 aromatic rings. The second kappa shape index (κ2) is 5.98. The smallest absolute Gasteiger partial charge is 0.306 e. The van der Waals surface area contributed by atoms with E-state index in [0.29, 0.717) is 13.2 Å².